The highest BCUT2D eigenvalue weighted by Gasteiger charge is 2.00. The van der Waals surface area contributed by atoms with Gasteiger partial charge >= 0.3 is 0 Å². The lowest BCUT2D eigenvalue weighted by Crippen LogP contribution is -2.38. The molecule has 27 heavy (non-hydrogen) atoms. The molecule has 0 fully saturated rings. The van der Waals surface area contributed by atoms with Gasteiger partial charge in [0, 0.05) is 19.7 Å². The molecule has 0 bridgehead atoms. The van der Waals surface area contributed by atoms with Crippen molar-refractivity contribution in [2.24, 2.45) is 4.99 Å². The van der Waals surface area contributed by atoms with Crippen molar-refractivity contribution in [3.8, 4) is 0 Å². The molecule has 2 N–H and O–H groups in total. The Balaban J connectivity index is 0.00000364. The molecule has 0 aliphatic heterocycles. The van der Waals surface area contributed by atoms with Crippen molar-refractivity contribution >= 4 is 29.9 Å². The molecule has 0 aromatic heterocycles. The highest BCUT2D eigenvalue weighted by Crippen LogP contribution is 2.07. The third-order valence-electron chi connectivity index (χ3n) is 3.88. The summed E-state index contributed by atoms with van der Waals surface area (Å²) in [6.07, 6.45) is 0.816. The molecule has 0 unspecified atom stereocenters. The summed E-state index contributed by atoms with van der Waals surface area (Å²) in [6.45, 7) is 7.56. The van der Waals surface area contributed by atoms with Crippen molar-refractivity contribution in [1.82, 2.24) is 10.6 Å². The van der Waals surface area contributed by atoms with Gasteiger partial charge < -0.3 is 15.4 Å². The van der Waals surface area contributed by atoms with Crippen LogP contribution in [-0.4, -0.2) is 25.7 Å². The quantitative estimate of drug-likeness (QED) is 0.317. The van der Waals surface area contributed by atoms with Crippen LogP contribution in [0.15, 0.2) is 53.5 Å². The minimum absolute atomic E-state index is 0. The van der Waals surface area contributed by atoms with Crippen LogP contribution in [0.1, 0.15) is 30.5 Å². The Morgan fingerprint density at radius 1 is 0.926 bits per heavy atom. The molecule has 0 spiro atoms. The van der Waals surface area contributed by atoms with Crippen molar-refractivity contribution < 1.29 is 9.13 Å². The summed E-state index contributed by atoms with van der Waals surface area (Å²) >= 11 is 0. The third-order valence-corrected chi connectivity index (χ3v) is 3.88. The number of guanidine groups is 1. The van der Waals surface area contributed by atoms with Gasteiger partial charge in [0.05, 0.1) is 13.2 Å². The van der Waals surface area contributed by atoms with E-state index in [0.717, 1.165) is 43.2 Å². The molecular formula is C21H29FIN3O. The molecule has 0 saturated heterocycles. The van der Waals surface area contributed by atoms with Gasteiger partial charge in [0.2, 0.25) is 0 Å². The highest BCUT2D eigenvalue weighted by atomic mass is 127. The third kappa shape index (κ3) is 9.19. The van der Waals surface area contributed by atoms with E-state index >= 15 is 0 Å². The van der Waals surface area contributed by atoms with E-state index in [1.54, 1.807) is 0 Å². The van der Waals surface area contributed by atoms with Crippen LogP contribution in [0, 0.1) is 5.82 Å². The van der Waals surface area contributed by atoms with E-state index in [9.17, 15) is 4.39 Å². The maximum Gasteiger partial charge on any atom is 0.191 e. The van der Waals surface area contributed by atoms with Crippen LogP contribution in [0.4, 0.5) is 4.39 Å². The van der Waals surface area contributed by atoms with Crippen molar-refractivity contribution in [1.29, 1.82) is 0 Å². The molecule has 2 aromatic rings. The van der Waals surface area contributed by atoms with E-state index in [0.29, 0.717) is 13.2 Å². The van der Waals surface area contributed by atoms with Crippen molar-refractivity contribution in [3.05, 3.63) is 71.0 Å². The average Bonchev–Trinajstić information content (AvgIpc) is 2.67. The molecule has 148 valence electrons. The molecule has 0 aliphatic rings. The zero-order chi connectivity index (χ0) is 18.6. The van der Waals surface area contributed by atoms with Gasteiger partial charge in [0.15, 0.2) is 5.96 Å². The number of hydrogen-bond donors (Lipinski definition) is 2. The normalized spacial score (nSPS) is 11.0. The van der Waals surface area contributed by atoms with Gasteiger partial charge in [-0.05, 0) is 49.1 Å². The molecule has 2 rings (SSSR count). The SMILES string of the molecule is CCNC(=NCc1ccc(COCC)cc1)NCCc1ccc(F)cc1.I. The first kappa shape index (κ1) is 23.4. The van der Waals surface area contributed by atoms with E-state index in [2.05, 4.69) is 39.9 Å². The highest BCUT2D eigenvalue weighted by molar-refractivity contribution is 14.0. The van der Waals surface area contributed by atoms with E-state index < -0.39 is 0 Å². The Morgan fingerprint density at radius 2 is 1.56 bits per heavy atom. The van der Waals surface area contributed by atoms with Gasteiger partial charge in [-0.25, -0.2) is 9.38 Å². The van der Waals surface area contributed by atoms with Gasteiger partial charge in [-0.3, -0.25) is 0 Å². The smallest absolute Gasteiger partial charge is 0.191 e. The second kappa shape index (κ2) is 13.5. The number of aliphatic imine (C=N–C) groups is 1. The summed E-state index contributed by atoms with van der Waals surface area (Å²) in [4.78, 5) is 4.62. The van der Waals surface area contributed by atoms with E-state index in [4.69, 9.17) is 4.74 Å². The summed E-state index contributed by atoms with van der Waals surface area (Å²) in [5.41, 5.74) is 3.42. The number of nitrogens with one attached hydrogen (secondary N) is 2. The van der Waals surface area contributed by atoms with E-state index in [-0.39, 0.29) is 29.8 Å². The number of ether oxygens (including phenoxy) is 1. The lowest BCUT2D eigenvalue weighted by molar-refractivity contribution is 0.134. The molecule has 4 nitrogen and oxygen atoms in total. The summed E-state index contributed by atoms with van der Waals surface area (Å²) in [6, 6.07) is 14.9. The fourth-order valence-corrected chi connectivity index (χ4v) is 2.45. The zero-order valence-electron chi connectivity index (χ0n) is 16.0. The number of nitrogens with zero attached hydrogens (tertiary/aromatic N) is 1. The van der Waals surface area contributed by atoms with Crippen LogP contribution >= 0.6 is 24.0 Å². The average molecular weight is 485 g/mol. The van der Waals surface area contributed by atoms with Crippen LogP contribution < -0.4 is 10.6 Å². The van der Waals surface area contributed by atoms with Gasteiger partial charge in [0.1, 0.15) is 5.82 Å². The van der Waals surface area contributed by atoms with Crippen molar-refractivity contribution in [2.45, 2.75) is 33.4 Å². The summed E-state index contributed by atoms with van der Waals surface area (Å²) in [5.74, 6) is 0.580. The topological polar surface area (TPSA) is 45.7 Å². The van der Waals surface area contributed by atoms with Gasteiger partial charge in [-0.2, -0.15) is 0 Å². The molecule has 2 aromatic carbocycles. The standard InChI is InChI=1S/C21H28FN3O.HI/c1-3-23-21(24-14-13-17-9-11-20(22)12-10-17)25-15-18-5-7-19(8-6-18)16-26-4-2;/h5-12H,3-4,13-16H2,1-2H3,(H2,23,24,25);1H. The minimum Gasteiger partial charge on any atom is -0.377 e. The van der Waals surface area contributed by atoms with E-state index in [1.807, 2.05) is 26.0 Å². The first-order chi connectivity index (χ1) is 12.7. The number of benzene rings is 2. The largest absolute Gasteiger partial charge is 0.377 e. The second-order valence-corrected chi connectivity index (χ2v) is 5.95. The van der Waals surface area contributed by atoms with Crippen LogP contribution in [0.25, 0.3) is 0 Å². The summed E-state index contributed by atoms with van der Waals surface area (Å²) in [7, 11) is 0. The fourth-order valence-electron chi connectivity index (χ4n) is 2.45. The lowest BCUT2D eigenvalue weighted by atomic mass is 10.1. The molecule has 0 amide bonds. The lowest BCUT2D eigenvalue weighted by Gasteiger charge is -2.11. The molecule has 0 heterocycles. The van der Waals surface area contributed by atoms with Gasteiger partial charge in [-0.1, -0.05) is 36.4 Å². The predicted molar refractivity (Wildman–Crippen MR) is 120 cm³/mol. The van der Waals surface area contributed by atoms with Crippen LogP contribution in [0.5, 0.6) is 0 Å². The first-order valence-electron chi connectivity index (χ1n) is 9.13. The Morgan fingerprint density at radius 3 is 2.19 bits per heavy atom. The summed E-state index contributed by atoms with van der Waals surface area (Å²) < 4.78 is 18.3. The fraction of sp³-hybridized carbons (Fsp3) is 0.381. The molecule has 6 heteroatoms. The molecular weight excluding hydrogens is 456 g/mol. The minimum atomic E-state index is -0.205. The van der Waals surface area contributed by atoms with Crippen LogP contribution in [-0.2, 0) is 24.3 Å². The Labute approximate surface area is 178 Å². The number of halogens is 2. The summed E-state index contributed by atoms with van der Waals surface area (Å²) in [5, 5.41) is 6.56. The molecule has 0 atom stereocenters. The Kier molecular flexibility index (Phi) is 11.7. The van der Waals surface area contributed by atoms with Crippen molar-refractivity contribution in [3.63, 3.8) is 0 Å². The van der Waals surface area contributed by atoms with E-state index in [1.165, 1.54) is 17.7 Å². The van der Waals surface area contributed by atoms with Crippen LogP contribution in [0.2, 0.25) is 0 Å². The van der Waals surface area contributed by atoms with Gasteiger partial charge in [0.25, 0.3) is 0 Å². The molecule has 0 saturated carbocycles. The first-order valence-corrected chi connectivity index (χ1v) is 9.13. The van der Waals surface area contributed by atoms with Gasteiger partial charge in [-0.15, -0.1) is 24.0 Å². The maximum atomic E-state index is 12.9. The Hall–Kier alpha value is -1.67. The molecule has 0 radical (unpaired) electrons. The number of rotatable bonds is 9. The number of hydrogen-bond acceptors (Lipinski definition) is 2. The Bertz CT molecular complexity index is 675. The van der Waals surface area contributed by atoms with Crippen LogP contribution in [0.3, 0.4) is 0 Å². The monoisotopic (exact) mass is 485 g/mol. The molecule has 0 aliphatic carbocycles. The zero-order valence-corrected chi connectivity index (χ0v) is 18.3. The van der Waals surface area contributed by atoms with Crippen molar-refractivity contribution in [2.75, 3.05) is 19.7 Å². The maximum absolute atomic E-state index is 12.9. The predicted octanol–water partition coefficient (Wildman–Crippen LogP) is 4.28. The second-order valence-electron chi connectivity index (χ2n) is 5.95.